The zero-order chi connectivity index (χ0) is 17.2. The largest absolute Gasteiger partial charge is 0.496 e. The lowest BCUT2D eigenvalue weighted by molar-refractivity contribution is -0.384. The standard InChI is InChI=1S/C15H17ClN4O3/c1-15(2,3)14-18-12(16)8-13(19-14)17-10-6-5-9(23-4)7-11(10)20(21)22/h5-8H,1-4H3,(H,17,18,19). The predicted octanol–water partition coefficient (Wildman–Crippen LogP) is 4.09. The van der Waals surface area contributed by atoms with E-state index in [1.54, 1.807) is 12.1 Å². The monoisotopic (exact) mass is 336 g/mol. The zero-order valence-corrected chi connectivity index (χ0v) is 14.0. The van der Waals surface area contributed by atoms with Crippen molar-refractivity contribution in [1.82, 2.24) is 9.97 Å². The molecule has 0 spiro atoms. The molecule has 122 valence electrons. The first kappa shape index (κ1) is 17.0. The number of methoxy groups -OCH3 is 1. The van der Waals surface area contributed by atoms with E-state index in [2.05, 4.69) is 15.3 Å². The summed E-state index contributed by atoms with van der Waals surface area (Å²) >= 11 is 6.03. The van der Waals surface area contributed by atoms with Gasteiger partial charge in [0.25, 0.3) is 5.69 Å². The zero-order valence-electron chi connectivity index (χ0n) is 13.3. The van der Waals surface area contributed by atoms with Crippen molar-refractivity contribution in [3.05, 3.63) is 45.4 Å². The van der Waals surface area contributed by atoms with Crippen molar-refractivity contribution in [1.29, 1.82) is 0 Å². The normalized spacial score (nSPS) is 11.2. The fourth-order valence-electron chi connectivity index (χ4n) is 1.85. The summed E-state index contributed by atoms with van der Waals surface area (Å²) in [5.41, 5.74) is -0.116. The molecule has 2 rings (SSSR count). The highest BCUT2D eigenvalue weighted by atomic mass is 35.5. The van der Waals surface area contributed by atoms with Gasteiger partial charge in [-0.25, -0.2) is 9.97 Å². The number of hydrogen-bond acceptors (Lipinski definition) is 6. The van der Waals surface area contributed by atoms with Crippen LogP contribution in [-0.2, 0) is 5.41 Å². The molecule has 0 aliphatic carbocycles. The van der Waals surface area contributed by atoms with Crippen molar-refractivity contribution in [2.75, 3.05) is 12.4 Å². The molecular weight excluding hydrogens is 320 g/mol. The minimum Gasteiger partial charge on any atom is -0.496 e. The predicted molar refractivity (Wildman–Crippen MR) is 88.7 cm³/mol. The average molecular weight is 337 g/mol. The Morgan fingerprint density at radius 2 is 1.96 bits per heavy atom. The van der Waals surface area contributed by atoms with Crippen LogP contribution in [0.4, 0.5) is 17.2 Å². The van der Waals surface area contributed by atoms with E-state index in [-0.39, 0.29) is 16.3 Å². The SMILES string of the molecule is COc1ccc(Nc2cc(Cl)nc(C(C)(C)C)n2)c([N+](=O)[O-])c1. The van der Waals surface area contributed by atoms with Gasteiger partial charge in [-0.05, 0) is 12.1 Å². The van der Waals surface area contributed by atoms with Crippen LogP contribution >= 0.6 is 11.6 Å². The Labute approximate surface area is 138 Å². The highest BCUT2D eigenvalue weighted by Crippen LogP contribution is 2.32. The van der Waals surface area contributed by atoms with Crippen LogP contribution in [0.2, 0.25) is 5.15 Å². The first-order valence-corrected chi connectivity index (χ1v) is 7.23. The van der Waals surface area contributed by atoms with Crippen molar-refractivity contribution in [3.63, 3.8) is 0 Å². The second-order valence-electron chi connectivity index (χ2n) is 5.91. The lowest BCUT2D eigenvalue weighted by Gasteiger charge is -2.18. The van der Waals surface area contributed by atoms with Gasteiger partial charge in [-0.2, -0.15) is 0 Å². The van der Waals surface area contributed by atoms with Gasteiger partial charge in [0.1, 0.15) is 28.2 Å². The fourth-order valence-corrected chi connectivity index (χ4v) is 2.03. The van der Waals surface area contributed by atoms with E-state index in [1.165, 1.54) is 19.2 Å². The third-order valence-electron chi connectivity index (χ3n) is 3.03. The number of nitrogens with zero attached hydrogens (tertiary/aromatic N) is 3. The van der Waals surface area contributed by atoms with Crippen molar-refractivity contribution in [2.45, 2.75) is 26.2 Å². The van der Waals surface area contributed by atoms with Gasteiger partial charge in [0.05, 0.1) is 18.1 Å². The summed E-state index contributed by atoms with van der Waals surface area (Å²) in [6.07, 6.45) is 0. The van der Waals surface area contributed by atoms with Crippen molar-refractivity contribution < 1.29 is 9.66 Å². The fraction of sp³-hybridized carbons (Fsp3) is 0.333. The molecular formula is C15H17ClN4O3. The van der Waals surface area contributed by atoms with E-state index < -0.39 is 4.92 Å². The molecule has 7 nitrogen and oxygen atoms in total. The highest BCUT2D eigenvalue weighted by Gasteiger charge is 2.20. The molecule has 1 heterocycles. The number of nitro benzene ring substituents is 1. The second kappa shape index (κ2) is 6.37. The molecule has 0 radical (unpaired) electrons. The third kappa shape index (κ3) is 4.07. The molecule has 0 aliphatic heterocycles. The van der Waals surface area contributed by atoms with Gasteiger partial charge >= 0.3 is 0 Å². The highest BCUT2D eigenvalue weighted by molar-refractivity contribution is 6.29. The number of benzene rings is 1. The summed E-state index contributed by atoms with van der Waals surface area (Å²) in [6, 6.07) is 6.05. The molecule has 0 saturated carbocycles. The molecule has 1 aromatic carbocycles. The van der Waals surface area contributed by atoms with Crippen LogP contribution in [-0.4, -0.2) is 22.0 Å². The second-order valence-corrected chi connectivity index (χ2v) is 6.30. The maximum absolute atomic E-state index is 11.2. The van der Waals surface area contributed by atoms with E-state index >= 15 is 0 Å². The van der Waals surface area contributed by atoms with Crippen molar-refractivity contribution >= 4 is 28.8 Å². The van der Waals surface area contributed by atoms with Gasteiger partial charge < -0.3 is 10.1 Å². The van der Waals surface area contributed by atoms with Gasteiger partial charge in [-0.1, -0.05) is 32.4 Å². The van der Waals surface area contributed by atoms with E-state index in [0.29, 0.717) is 23.1 Å². The average Bonchev–Trinajstić information content (AvgIpc) is 2.46. The van der Waals surface area contributed by atoms with Gasteiger partial charge in [0.15, 0.2) is 0 Å². The van der Waals surface area contributed by atoms with Crippen LogP contribution in [0, 0.1) is 10.1 Å². The topological polar surface area (TPSA) is 90.2 Å². The number of nitrogens with one attached hydrogen (secondary N) is 1. The number of rotatable bonds is 4. The van der Waals surface area contributed by atoms with Crippen LogP contribution in [0.15, 0.2) is 24.3 Å². The summed E-state index contributed by atoms with van der Waals surface area (Å²) < 4.78 is 5.01. The molecule has 0 bridgehead atoms. The van der Waals surface area contributed by atoms with E-state index in [4.69, 9.17) is 16.3 Å². The van der Waals surface area contributed by atoms with E-state index in [9.17, 15) is 10.1 Å². The minimum absolute atomic E-state index is 0.114. The smallest absolute Gasteiger partial charge is 0.296 e. The maximum atomic E-state index is 11.2. The van der Waals surface area contributed by atoms with E-state index in [0.717, 1.165) is 0 Å². The molecule has 0 fully saturated rings. The van der Waals surface area contributed by atoms with Crippen LogP contribution in [0.3, 0.4) is 0 Å². The number of hydrogen-bond donors (Lipinski definition) is 1. The molecule has 8 heteroatoms. The quantitative estimate of drug-likeness (QED) is 0.513. The van der Waals surface area contributed by atoms with Gasteiger partial charge in [0.2, 0.25) is 0 Å². The summed E-state index contributed by atoms with van der Waals surface area (Å²) in [5, 5.41) is 14.4. The molecule has 2 aromatic rings. The third-order valence-corrected chi connectivity index (χ3v) is 3.22. The number of aromatic nitrogens is 2. The Hall–Kier alpha value is -2.41. The molecule has 0 amide bonds. The Morgan fingerprint density at radius 3 is 2.52 bits per heavy atom. The number of halogens is 1. The molecule has 0 unspecified atom stereocenters. The van der Waals surface area contributed by atoms with Crippen LogP contribution in [0.25, 0.3) is 0 Å². The molecule has 23 heavy (non-hydrogen) atoms. The van der Waals surface area contributed by atoms with Crippen LogP contribution < -0.4 is 10.1 Å². The minimum atomic E-state index is -0.488. The van der Waals surface area contributed by atoms with Gasteiger partial charge in [-0.15, -0.1) is 0 Å². The van der Waals surface area contributed by atoms with Crippen LogP contribution in [0.5, 0.6) is 5.75 Å². The Bertz CT molecular complexity index is 744. The molecule has 0 aliphatic rings. The molecule has 0 atom stereocenters. The Balaban J connectivity index is 2.43. The van der Waals surface area contributed by atoms with Crippen LogP contribution in [0.1, 0.15) is 26.6 Å². The molecule has 0 saturated heterocycles. The van der Waals surface area contributed by atoms with Crippen molar-refractivity contribution in [3.8, 4) is 5.75 Å². The van der Waals surface area contributed by atoms with E-state index in [1.807, 2.05) is 20.8 Å². The Kier molecular flexibility index (Phi) is 4.70. The first-order valence-electron chi connectivity index (χ1n) is 6.85. The maximum Gasteiger partial charge on any atom is 0.296 e. The number of ether oxygens (including phenoxy) is 1. The number of nitro groups is 1. The van der Waals surface area contributed by atoms with Crippen molar-refractivity contribution in [2.24, 2.45) is 0 Å². The Morgan fingerprint density at radius 1 is 1.26 bits per heavy atom. The number of anilines is 2. The molecule has 1 aromatic heterocycles. The lowest BCUT2D eigenvalue weighted by Crippen LogP contribution is -2.17. The van der Waals surface area contributed by atoms with Gasteiger partial charge in [-0.3, -0.25) is 10.1 Å². The molecule has 1 N–H and O–H groups in total. The summed E-state index contributed by atoms with van der Waals surface area (Å²) in [4.78, 5) is 19.3. The van der Waals surface area contributed by atoms with Gasteiger partial charge in [0, 0.05) is 11.5 Å². The summed E-state index contributed by atoms with van der Waals surface area (Å²) in [5.74, 6) is 1.34. The summed E-state index contributed by atoms with van der Waals surface area (Å²) in [7, 11) is 1.45. The first-order chi connectivity index (χ1) is 10.7. The summed E-state index contributed by atoms with van der Waals surface area (Å²) in [6.45, 7) is 5.87. The lowest BCUT2D eigenvalue weighted by atomic mass is 9.96.